The first-order chi connectivity index (χ1) is 8.76. The highest BCUT2D eigenvalue weighted by Gasteiger charge is 2.23. The molecular formula is C15H25N3. The Morgan fingerprint density at radius 1 is 1.44 bits per heavy atom. The van der Waals surface area contributed by atoms with Crippen molar-refractivity contribution in [2.24, 2.45) is 0 Å². The van der Waals surface area contributed by atoms with Crippen molar-refractivity contribution in [3.8, 4) is 0 Å². The van der Waals surface area contributed by atoms with Gasteiger partial charge in [0.25, 0.3) is 0 Å². The maximum absolute atomic E-state index is 4.61. The van der Waals surface area contributed by atoms with Crippen molar-refractivity contribution in [3.63, 3.8) is 0 Å². The number of pyridine rings is 1. The van der Waals surface area contributed by atoms with E-state index in [1.807, 2.05) is 6.20 Å². The minimum absolute atomic E-state index is 0.338. The van der Waals surface area contributed by atoms with Crippen LogP contribution < -0.4 is 10.2 Å². The SMILES string of the molecule is CCNC(C)c1ccc(N2CCCC2CC)cn1. The lowest BCUT2D eigenvalue weighted by atomic mass is 10.1. The van der Waals surface area contributed by atoms with E-state index >= 15 is 0 Å². The smallest absolute Gasteiger partial charge is 0.0572 e. The first-order valence-corrected chi connectivity index (χ1v) is 7.22. The fourth-order valence-corrected chi connectivity index (χ4v) is 2.83. The molecule has 1 fully saturated rings. The number of anilines is 1. The van der Waals surface area contributed by atoms with Gasteiger partial charge in [-0.05, 0) is 44.9 Å². The maximum Gasteiger partial charge on any atom is 0.0572 e. The molecule has 1 saturated heterocycles. The van der Waals surface area contributed by atoms with E-state index in [4.69, 9.17) is 0 Å². The van der Waals surface area contributed by atoms with Crippen molar-refractivity contribution in [2.45, 2.75) is 52.1 Å². The number of aromatic nitrogens is 1. The third kappa shape index (κ3) is 2.83. The second-order valence-electron chi connectivity index (χ2n) is 5.12. The van der Waals surface area contributed by atoms with Crippen LogP contribution >= 0.6 is 0 Å². The molecule has 2 heterocycles. The molecule has 1 N–H and O–H groups in total. The Hall–Kier alpha value is -1.09. The highest BCUT2D eigenvalue weighted by molar-refractivity contribution is 5.47. The van der Waals surface area contributed by atoms with Crippen molar-refractivity contribution in [1.82, 2.24) is 10.3 Å². The van der Waals surface area contributed by atoms with Crippen LogP contribution in [0, 0.1) is 0 Å². The number of rotatable bonds is 5. The van der Waals surface area contributed by atoms with Crippen LogP contribution in [0.25, 0.3) is 0 Å². The number of hydrogen-bond donors (Lipinski definition) is 1. The van der Waals surface area contributed by atoms with E-state index in [2.05, 4.69) is 48.1 Å². The Labute approximate surface area is 111 Å². The fourth-order valence-electron chi connectivity index (χ4n) is 2.83. The van der Waals surface area contributed by atoms with Crippen molar-refractivity contribution >= 4 is 5.69 Å². The average molecular weight is 247 g/mol. The van der Waals surface area contributed by atoms with E-state index in [1.54, 1.807) is 0 Å². The summed E-state index contributed by atoms with van der Waals surface area (Å²) in [7, 11) is 0. The molecule has 0 saturated carbocycles. The van der Waals surface area contributed by atoms with Crippen LogP contribution in [-0.4, -0.2) is 24.1 Å². The summed E-state index contributed by atoms with van der Waals surface area (Å²) in [5.41, 5.74) is 2.42. The molecule has 18 heavy (non-hydrogen) atoms. The number of nitrogens with zero attached hydrogens (tertiary/aromatic N) is 2. The van der Waals surface area contributed by atoms with Gasteiger partial charge >= 0.3 is 0 Å². The van der Waals surface area contributed by atoms with Crippen LogP contribution in [0.1, 0.15) is 51.8 Å². The summed E-state index contributed by atoms with van der Waals surface area (Å²) in [6.45, 7) is 8.73. The second-order valence-corrected chi connectivity index (χ2v) is 5.12. The van der Waals surface area contributed by atoms with Gasteiger partial charge in [0.2, 0.25) is 0 Å². The molecule has 1 aliphatic heterocycles. The summed E-state index contributed by atoms with van der Waals surface area (Å²) in [6, 6.07) is 5.44. The Morgan fingerprint density at radius 2 is 2.28 bits per heavy atom. The summed E-state index contributed by atoms with van der Waals surface area (Å²) in [4.78, 5) is 7.12. The third-order valence-electron chi connectivity index (χ3n) is 3.90. The lowest BCUT2D eigenvalue weighted by Gasteiger charge is -2.26. The van der Waals surface area contributed by atoms with Crippen LogP contribution in [0.3, 0.4) is 0 Å². The average Bonchev–Trinajstić information content (AvgIpc) is 2.87. The van der Waals surface area contributed by atoms with Crippen molar-refractivity contribution in [2.75, 3.05) is 18.0 Å². The molecule has 0 spiro atoms. The molecule has 0 amide bonds. The van der Waals surface area contributed by atoms with Gasteiger partial charge in [0.05, 0.1) is 17.6 Å². The predicted octanol–water partition coefficient (Wildman–Crippen LogP) is 3.13. The zero-order valence-corrected chi connectivity index (χ0v) is 11.8. The minimum Gasteiger partial charge on any atom is -0.367 e. The van der Waals surface area contributed by atoms with Gasteiger partial charge in [-0.25, -0.2) is 0 Å². The van der Waals surface area contributed by atoms with E-state index < -0.39 is 0 Å². The first kappa shape index (κ1) is 13.3. The molecule has 2 unspecified atom stereocenters. The summed E-state index contributed by atoms with van der Waals surface area (Å²) in [5.74, 6) is 0. The van der Waals surface area contributed by atoms with Gasteiger partial charge in [-0.2, -0.15) is 0 Å². The Bertz CT molecular complexity index is 361. The molecule has 1 aromatic heterocycles. The quantitative estimate of drug-likeness (QED) is 0.866. The van der Waals surface area contributed by atoms with E-state index in [0.29, 0.717) is 12.1 Å². The number of nitrogens with one attached hydrogen (secondary N) is 1. The van der Waals surface area contributed by atoms with Crippen LogP contribution in [0.2, 0.25) is 0 Å². The minimum atomic E-state index is 0.338. The van der Waals surface area contributed by atoms with Crippen LogP contribution in [0.4, 0.5) is 5.69 Å². The zero-order valence-electron chi connectivity index (χ0n) is 11.8. The second kappa shape index (κ2) is 6.19. The molecule has 0 radical (unpaired) electrons. The third-order valence-corrected chi connectivity index (χ3v) is 3.90. The molecule has 0 bridgehead atoms. The number of hydrogen-bond acceptors (Lipinski definition) is 3. The Balaban J connectivity index is 2.07. The van der Waals surface area contributed by atoms with Gasteiger partial charge in [-0.1, -0.05) is 13.8 Å². The van der Waals surface area contributed by atoms with Crippen LogP contribution in [-0.2, 0) is 0 Å². The zero-order chi connectivity index (χ0) is 13.0. The van der Waals surface area contributed by atoms with Crippen molar-refractivity contribution < 1.29 is 0 Å². The Kier molecular flexibility index (Phi) is 4.59. The first-order valence-electron chi connectivity index (χ1n) is 7.22. The summed E-state index contributed by atoms with van der Waals surface area (Å²) in [5, 5.41) is 3.39. The van der Waals surface area contributed by atoms with Gasteiger partial charge in [0.15, 0.2) is 0 Å². The van der Waals surface area contributed by atoms with Gasteiger partial charge < -0.3 is 10.2 Å². The largest absolute Gasteiger partial charge is 0.367 e. The topological polar surface area (TPSA) is 28.2 Å². The van der Waals surface area contributed by atoms with E-state index in [9.17, 15) is 0 Å². The van der Waals surface area contributed by atoms with Crippen molar-refractivity contribution in [3.05, 3.63) is 24.0 Å². The molecule has 0 aromatic carbocycles. The molecular weight excluding hydrogens is 222 g/mol. The summed E-state index contributed by atoms with van der Waals surface area (Å²) in [6.07, 6.45) is 5.91. The van der Waals surface area contributed by atoms with Gasteiger partial charge in [0, 0.05) is 18.6 Å². The molecule has 1 aromatic rings. The standard InChI is InChI=1S/C15H25N3/c1-4-13-7-6-10-18(13)14-8-9-15(17-11-14)12(3)16-5-2/h8-9,11-13,16H,4-7,10H2,1-3H3. The van der Waals surface area contributed by atoms with E-state index in [-0.39, 0.29) is 0 Å². The highest BCUT2D eigenvalue weighted by atomic mass is 15.2. The molecule has 2 rings (SSSR count). The normalized spacial score (nSPS) is 21.3. The van der Waals surface area contributed by atoms with E-state index in [0.717, 1.165) is 12.2 Å². The molecule has 1 aliphatic rings. The Morgan fingerprint density at radius 3 is 2.89 bits per heavy atom. The predicted molar refractivity (Wildman–Crippen MR) is 77.0 cm³/mol. The van der Waals surface area contributed by atoms with Gasteiger partial charge in [0.1, 0.15) is 0 Å². The van der Waals surface area contributed by atoms with Crippen LogP contribution in [0.15, 0.2) is 18.3 Å². The fraction of sp³-hybridized carbons (Fsp3) is 0.667. The monoisotopic (exact) mass is 247 g/mol. The van der Waals surface area contributed by atoms with Crippen LogP contribution in [0.5, 0.6) is 0 Å². The summed E-state index contributed by atoms with van der Waals surface area (Å²) >= 11 is 0. The molecule has 100 valence electrons. The lowest BCUT2D eigenvalue weighted by molar-refractivity contribution is 0.582. The molecule has 3 nitrogen and oxygen atoms in total. The molecule has 0 aliphatic carbocycles. The molecule has 2 atom stereocenters. The van der Waals surface area contributed by atoms with Gasteiger partial charge in [-0.15, -0.1) is 0 Å². The van der Waals surface area contributed by atoms with Gasteiger partial charge in [-0.3, -0.25) is 4.98 Å². The summed E-state index contributed by atoms with van der Waals surface area (Å²) < 4.78 is 0. The maximum atomic E-state index is 4.61. The highest BCUT2D eigenvalue weighted by Crippen LogP contribution is 2.27. The van der Waals surface area contributed by atoms with E-state index in [1.165, 1.54) is 31.5 Å². The lowest BCUT2D eigenvalue weighted by Crippen LogP contribution is -2.28. The molecule has 3 heteroatoms. The van der Waals surface area contributed by atoms with Crippen molar-refractivity contribution in [1.29, 1.82) is 0 Å².